The molecule has 2 aromatic carbocycles. The van der Waals surface area contributed by atoms with Gasteiger partial charge in [-0.25, -0.2) is 0 Å². The second-order valence-corrected chi connectivity index (χ2v) is 7.15. The van der Waals surface area contributed by atoms with E-state index >= 15 is 0 Å². The van der Waals surface area contributed by atoms with Crippen molar-refractivity contribution in [2.24, 2.45) is 5.41 Å². The van der Waals surface area contributed by atoms with Gasteiger partial charge in [-0.05, 0) is 59.8 Å². The van der Waals surface area contributed by atoms with Crippen LogP contribution >= 0.6 is 0 Å². The summed E-state index contributed by atoms with van der Waals surface area (Å²) in [5.41, 5.74) is 8.04. The van der Waals surface area contributed by atoms with Crippen molar-refractivity contribution < 1.29 is 0 Å². The lowest BCUT2D eigenvalue weighted by atomic mass is 9.91. The molecule has 0 bridgehead atoms. The second kappa shape index (κ2) is 5.43. The molecule has 2 aliphatic rings. The van der Waals surface area contributed by atoms with Gasteiger partial charge in [0, 0.05) is 0 Å². The van der Waals surface area contributed by atoms with Gasteiger partial charge >= 0.3 is 0 Å². The summed E-state index contributed by atoms with van der Waals surface area (Å²) in [6.45, 7) is 2.32. The van der Waals surface area contributed by atoms with E-state index in [1.807, 2.05) is 0 Å². The summed E-state index contributed by atoms with van der Waals surface area (Å²) in [6.07, 6.45) is 10.6. The lowest BCUT2D eigenvalue weighted by Gasteiger charge is -2.14. The second-order valence-electron chi connectivity index (χ2n) is 7.15. The van der Waals surface area contributed by atoms with Crippen LogP contribution in [0, 0.1) is 5.41 Å². The first-order valence-electron chi connectivity index (χ1n) is 8.66. The smallest absolute Gasteiger partial charge is 0.00574 e. The van der Waals surface area contributed by atoms with Gasteiger partial charge in [0.05, 0.1) is 0 Å². The molecule has 4 rings (SSSR count). The summed E-state index contributed by atoms with van der Waals surface area (Å²) in [7, 11) is 0. The van der Waals surface area contributed by atoms with Crippen LogP contribution in [-0.2, 0) is 6.42 Å². The lowest BCUT2D eigenvalue weighted by Crippen LogP contribution is -2.01. The van der Waals surface area contributed by atoms with E-state index in [4.69, 9.17) is 0 Å². The van der Waals surface area contributed by atoms with Crippen LogP contribution in [-0.4, -0.2) is 0 Å². The highest BCUT2D eigenvalue weighted by Crippen LogP contribution is 2.55. The Bertz CT molecular complexity index is 702. The van der Waals surface area contributed by atoms with Crippen LogP contribution in [0.3, 0.4) is 0 Å². The van der Waals surface area contributed by atoms with Crippen LogP contribution < -0.4 is 0 Å². The molecule has 1 saturated carbocycles. The van der Waals surface area contributed by atoms with E-state index in [1.54, 1.807) is 5.57 Å². The summed E-state index contributed by atoms with van der Waals surface area (Å²) >= 11 is 0. The van der Waals surface area contributed by atoms with Crippen LogP contribution in [0.4, 0.5) is 0 Å². The van der Waals surface area contributed by atoms with E-state index in [-0.39, 0.29) is 0 Å². The highest BCUT2D eigenvalue weighted by atomic mass is 14.5. The van der Waals surface area contributed by atoms with Gasteiger partial charge < -0.3 is 0 Å². The van der Waals surface area contributed by atoms with Crippen LogP contribution in [0.1, 0.15) is 50.2 Å². The maximum absolute atomic E-state index is 2.49. The zero-order valence-electron chi connectivity index (χ0n) is 13.4. The molecule has 0 heteroatoms. The fourth-order valence-electron chi connectivity index (χ4n) is 4.12. The molecule has 0 amide bonds. The number of hydrogen-bond donors (Lipinski definition) is 0. The number of benzene rings is 2. The summed E-state index contributed by atoms with van der Waals surface area (Å²) in [5, 5.41) is 0. The molecule has 0 aromatic heterocycles. The van der Waals surface area contributed by atoms with E-state index in [0.29, 0.717) is 5.41 Å². The summed E-state index contributed by atoms with van der Waals surface area (Å²) < 4.78 is 0. The molecule has 0 aliphatic heterocycles. The number of rotatable bonds is 5. The van der Waals surface area contributed by atoms with Gasteiger partial charge in [0.1, 0.15) is 0 Å². The molecular formula is C22H24. The largest absolute Gasteiger partial charge is 0.0654 e. The Balaban J connectivity index is 1.64. The Morgan fingerprint density at radius 1 is 0.955 bits per heavy atom. The topological polar surface area (TPSA) is 0 Å². The molecule has 0 N–H and O–H groups in total. The zero-order chi connectivity index (χ0) is 15.0. The predicted molar refractivity (Wildman–Crippen MR) is 94.8 cm³/mol. The third-order valence-electron chi connectivity index (χ3n) is 5.39. The molecule has 1 fully saturated rings. The molecule has 2 aliphatic carbocycles. The minimum atomic E-state index is 0.662. The summed E-state index contributed by atoms with van der Waals surface area (Å²) in [5.74, 6) is 0. The Hall–Kier alpha value is -1.82. The van der Waals surface area contributed by atoms with Crippen molar-refractivity contribution in [2.45, 2.75) is 45.4 Å². The number of allylic oxidation sites excluding steroid dienone is 1. The minimum absolute atomic E-state index is 0.662. The maximum atomic E-state index is 2.49. The fraction of sp³-hybridized carbons (Fsp3) is 0.364. The number of fused-ring (bicyclic) bond motifs is 1. The highest BCUT2D eigenvalue weighted by Gasteiger charge is 2.42. The molecule has 0 nitrogen and oxygen atoms in total. The van der Waals surface area contributed by atoms with Crippen LogP contribution in [0.2, 0.25) is 0 Å². The maximum Gasteiger partial charge on any atom is -0.00574 e. The Labute approximate surface area is 133 Å². The van der Waals surface area contributed by atoms with Crippen LogP contribution in [0.25, 0.3) is 17.2 Å². The summed E-state index contributed by atoms with van der Waals surface area (Å²) in [6, 6.07) is 17.6. The van der Waals surface area contributed by atoms with Crippen molar-refractivity contribution in [3.63, 3.8) is 0 Å². The van der Waals surface area contributed by atoms with Crippen molar-refractivity contribution in [1.29, 1.82) is 0 Å². The van der Waals surface area contributed by atoms with E-state index in [2.05, 4.69) is 61.5 Å². The summed E-state index contributed by atoms with van der Waals surface area (Å²) in [4.78, 5) is 0. The van der Waals surface area contributed by atoms with E-state index in [9.17, 15) is 0 Å². The van der Waals surface area contributed by atoms with Gasteiger partial charge in [-0.3, -0.25) is 0 Å². The molecule has 0 saturated heterocycles. The monoisotopic (exact) mass is 288 g/mol. The Morgan fingerprint density at radius 3 is 2.50 bits per heavy atom. The average molecular weight is 288 g/mol. The molecule has 2 aromatic rings. The van der Waals surface area contributed by atoms with E-state index < -0.39 is 0 Å². The molecular weight excluding hydrogens is 264 g/mol. The quantitative estimate of drug-likeness (QED) is 0.608. The van der Waals surface area contributed by atoms with Crippen molar-refractivity contribution in [3.05, 3.63) is 65.2 Å². The van der Waals surface area contributed by atoms with Crippen molar-refractivity contribution in [2.75, 3.05) is 0 Å². The minimum Gasteiger partial charge on any atom is -0.0654 e. The first-order valence-corrected chi connectivity index (χ1v) is 8.66. The fourth-order valence-corrected chi connectivity index (χ4v) is 4.12. The zero-order valence-corrected chi connectivity index (χ0v) is 13.4. The molecule has 22 heavy (non-hydrogen) atoms. The standard InChI is InChI=1S/C22H24/c1-2-11-22(12-13-22)16-17-14-19-9-6-10-20(21(19)15-17)18-7-4-3-5-8-18/h3-10,15H,2,11-14,16H2,1H3. The third kappa shape index (κ3) is 2.52. The van der Waals surface area contributed by atoms with Crippen LogP contribution in [0.15, 0.2) is 54.1 Å². The number of hydrogen-bond acceptors (Lipinski definition) is 0. The first kappa shape index (κ1) is 13.8. The Morgan fingerprint density at radius 2 is 1.77 bits per heavy atom. The normalized spacial score (nSPS) is 18.0. The third-order valence-corrected chi connectivity index (χ3v) is 5.39. The van der Waals surface area contributed by atoms with Gasteiger partial charge in [-0.2, -0.15) is 0 Å². The van der Waals surface area contributed by atoms with Crippen molar-refractivity contribution in [1.82, 2.24) is 0 Å². The average Bonchev–Trinajstić information content (AvgIpc) is 3.16. The Kier molecular flexibility index (Phi) is 3.41. The van der Waals surface area contributed by atoms with E-state index in [0.717, 1.165) is 0 Å². The van der Waals surface area contributed by atoms with Gasteiger partial charge in [0.25, 0.3) is 0 Å². The molecule has 0 spiro atoms. The molecule has 0 atom stereocenters. The predicted octanol–water partition coefficient (Wildman–Crippen LogP) is 6.26. The van der Waals surface area contributed by atoms with Gasteiger partial charge in [-0.15, -0.1) is 0 Å². The lowest BCUT2D eigenvalue weighted by molar-refractivity contribution is 0.454. The van der Waals surface area contributed by atoms with Gasteiger partial charge in [-0.1, -0.05) is 73.5 Å². The molecule has 0 radical (unpaired) electrons. The molecule has 0 unspecified atom stereocenters. The van der Waals surface area contributed by atoms with Crippen molar-refractivity contribution >= 4 is 6.08 Å². The SMILES string of the molecule is CCCC1(CC2=Cc3c(cccc3-c3ccccc3)C2)CC1. The first-order chi connectivity index (χ1) is 10.8. The van der Waals surface area contributed by atoms with Gasteiger partial charge in [0.15, 0.2) is 0 Å². The molecule has 112 valence electrons. The molecule has 0 heterocycles. The van der Waals surface area contributed by atoms with Crippen molar-refractivity contribution in [3.8, 4) is 11.1 Å². The highest BCUT2D eigenvalue weighted by molar-refractivity contribution is 5.80. The van der Waals surface area contributed by atoms with E-state index in [1.165, 1.54) is 60.8 Å². The van der Waals surface area contributed by atoms with Crippen LogP contribution in [0.5, 0.6) is 0 Å². The van der Waals surface area contributed by atoms with Gasteiger partial charge in [0.2, 0.25) is 0 Å².